The number of carbonyl (C=O) groups is 2. The standard InChI is InChI=1S/C16H16ClN3O4/c1-23-13-6-3-9(7-14(13)24-2)15(21)19-12-5-4-10(17)8-11(12)16(22)20-18/h3-8H,18H2,1-2H3,(H,19,21)(H,20,22). The van der Waals surface area contributed by atoms with E-state index in [2.05, 4.69) is 5.32 Å². The largest absolute Gasteiger partial charge is 0.493 e. The summed E-state index contributed by atoms with van der Waals surface area (Å²) in [6, 6.07) is 9.21. The molecule has 0 heterocycles. The Kier molecular flexibility index (Phi) is 5.62. The van der Waals surface area contributed by atoms with Crippen LogP contribution in [-0.2, 0) is 0 Å². The lowest BCUT2D eigenvalue weighted by Crippen LogP contribution is -2.31. The molecule has 0 spiro atoms. The van der Waals surface area contributed by atoms with Crippen LogP contribution in [0.5, 0.6) is 11.5 Å². The van der Waals surface area contributed by atoms with Crippen molar-refractivity contribution in [1.29, 1.82) is 0 Å². The Morgan fingerprint density at radius 3 is 2.33 bits per heavy atom. The molecule has 0 aromatic heterocycles. The van der Waals surface area contributed by atoms with Crippen molar-refractivity contribution in [3.63, 3.8) is 0 Å². The molecule has 2 aromatic carbocycles. The van der Waals surface area contributed by atoms with Crippen LogP contribution in [0.2, 0.25) is 5.02 Å². The van der Waals surface area contributed by atoms with Gasteiger partial charge in [-0.25, -0.2) is 5.84 Å². The van der Waals surface area contributed by atoms with Crippen LogP contribution in [0.15, 0.2) is 36.4 Å². The van der Waals surface area contributed by atoms with Gasteiger partial charge in [-0.2, -0.15) is 0 Å². The molecule has 2 aromatic rings. The molecule has 8 heteroatoms. The van der Waals surface area contributed by atoms with Gasteiger partial charge in [-0.1, -0.05) is 11.6 Å². The minimum atomic E-state index is -0.569. The average molecular weight is 350 g/mol. The Labute approximate surface area is 143 Å². The number of methoxy groups -OCH3 is 2. The maximum Gasteiger partial charge on any atom is 0.267 e. The maximum atomic E-state index is 12.4. The predicted molar refractivity (Wildman–Crippen MR) is 90.6 cm³/mol. The minimum Gasteiger partial charge on any atom is -0.493 e. The third kappa shape index (κ3) is 3.76. The Morgan fingerprint density at radius 1 is 1.00 bits per heavy atom. The molecular weight excluding hydrogens is 334 g/mol. The van der Waals surface area contributed by atoms with Crippen molar-refractivity contribution >= 4 is 29.1 Å². The molecule has 4 N–H and O–H groups in total. The van der Waals surface area contributed by atoms with Gasteiger partial charge in [0.2, 0.25) is 0 Å². The van der Waals surface area contributed by atoms with E-state index in [1.54, 1.807) is 18.2 Å². The number of benzene rings is 2. The van der Waals surface area contributed by atoms with Crippen LogP contribution in [0.25, 0.3) is 0 Å². The van der Waals surface area contributed by atoms with E-state index in [9.17, 15) is 9.59 Å². The molecule has 2 amide bonds. The van der Waals surface area contributed by atoms with Crippen molar-refractivity contribution in [3.05, 3.63) is 52.5 Å². The summed E-state index contributed by atoms with van der Waals surface area (Å²) >= 11 is 5.88. The van der Waals surface area contributed by atoms with Gasteiger partial charge in [0.15, 0.2) is 11.5 Å². The van der Waals surface area contributed by atoms with E-state index in [0.29, 0.717) is 22.1 Å². The summed E-state index contributed by atoms with van der Waals surface area (Å²) in [5.74, 6) is 5.07. The summed E-state index contributed by atoms with van der Waals surface area (Å²) in [5.41, 5.74) is 2.78. The first-order chi connectivity index (χ1) is 11.5. The normalized spacial score (nSPS) is 10.0. The van der Waals surface area contributed by atoms with Crippen LogP contribution >= 0.6 is 11.6 Å². The number of anilines is 1. The van der Waals surface area contributed by atoms with E-state index in [4.69, 9.17) is 26.9 Å². The first kappa shape index (κ1) is 17.6. The summed E-state index contributed by atoms with van der Waals surface area (Å²) in [6.45, 7) is 0. The molecule has 0 bridgehead atoms. The second kappa shape index (κ2) is 7.67. The van der Waals surface area contributed by atoms with Crippen LogP contribution in [0.4, 0.5) is 5.69 Å². The molecule has 0 fully saturated rings. The first-order valence-corrected chi connectivity index (χ1v) is 7.21. The third-order valence-electron chi connectivity index (χ3n) is 3.25. The molecule has 0 radical (unpaired) electrons. The average Bonchev–Trinajstić information content (AvgIpc) is 2.61. The van der Waals surface area contributed by atoms with Crippen molar-refractivity contribution in [3.8, 4) is 11.5 Å². The number of nitrogens with one attached hydrogen (secondary N) is 2. The number of nitrogens with two attached hydrogens (primary N) is 1. The molecule has 0 unspecified atom stereocenters. The number of hydrogen-bond acceptors (Lipinski definition) is 5. The lowest BCUT2D eigenvalue weighted by Gasteiger charge is -2.12. The molecule has 0 aliphatic rings. The highest BCUT2D eigenvalue weighted by Crippen LogP contribution is 2.28. The molecule has 2 rings (SSSR count). The predicted octanol–water partition coefficient (Wildman–Crippen LogP) is 2.21. The molecule has 0 saturated carbocycles. The zero-order chi connectivity index (χ0) is 17.7. The number of hydrogen-bond donors (Lipinski definition) is 3. The van der Waals surface area contributed by atoms with Crippen molar-refractivity contribution in [2.75, 3.05) is 19.5 Å². The van der Waals surface area contributed by atoms with Gasteiger partial charge in [-0.15, -0.1) is 0 Å². The van der Waals surface area contributed by atoms with Crippen LogP contribution in [0, 0.1) is 0 Å². The number of rotatable bonds is 5. The number of amides is 2. The van der Waals surface area contributed by atoms with Crippen molar-refractivity contribution in [2.45, 2.75) is 0 Å². The zero-order valence-electron chi connectivity index (χ0n) is 13.1. The fourth-order valence-electron chi connectivity index (χ4n) is 2.06. The molecule has 126 valence electrons. The maximum absolute atomic E-state index is 12.4. The van der Waals surface area contributed by atoms with Gasteiger partial charge in [-0.05, 0) is 36.4 Å². The molecule has 0 aliphatic carbocycles. The summed E-state index contributed by atoms with van der Waals surface area (Å²) < 4.78 is 10.3. The lowest BCUT2D eigenvalue weighted by molar-refractivity contribution is 0.0954. The minimum absolute atomic E-state index is 0.152. The summed E-state index contributed by atoms with van der Waals surface area (Å²) in [6.07, 6.45) is 0. The second-order valence-electron chi connectivity index (χ2n) is 4.69. The van der Waals surface area contributed by atoms with Crippen LogP contribution in [-0.4, -0.2) is 26.0 Å². The number of halogens is 1. The first-order valence-electron chi connectivity index (χ1n) is 6.84. The topological polar surface area (TPSA) is 103 Å². The number of ether oxygens (including phenoxy) is 2. The Bertz CT molecular complexity index is 780. The molecule has 0 saturated heterocycles. The van der Waals surface area contributed by atoms with Gasteiger partial charge in [0.05, 0.1) is 25.5 Å². The highest BCUT2D eigenvalue weighted by atomic mass is 35.5. The Morgan fingerprint density at radius 2 is 1.71 bits per heavy atom. The quantitative estimate of drug-likeness (QED) is 0.436. The van der Waals surface area contributed by atoms with Gasteiger partial charge in [0.25, 0.3) is 11.8 Å². The van der Waals surface area contributed by atoms with Gasteiger partial charge >= 0.3 is 0 Å². The van der Waals surface area contributed by atoms with Crippen molar-refractivity contribution in [2.24, 2.45) is 5.84 Å². The van der Waals surface area contributed by atoms with Crippen molar-refractivity contribution < 1.29 is 19.1 Å². The van der Waals surface area contributed by atoms with E-state index in [1.807, 2.05) is 5.43 Å². The lowest BCUT2D eigenvalue weighted by atomic mass is 10.1. The van der Waals surface area contributed by atoms with E-state index in [1.165, 1.54) is 32.4 Å². The van der Waals surface area contributed by atoms with Crippen molar-refractivity contribution in [1.82, 2.24) is 5.43 Å². The van der Waals surface area contributed by atoms with Gasteiger partial charge in [0.1, 0.15) is 0 Å². The Balaban J connectivity index is 2.32. The number of hydrazine groups is 1. The van der Waals surface area contributed by atoms with E-state index >= 15 is 0 Å². The smallest absolute Gasteiger partial charge is 0.267 e. The molecule has 0 atom stereocenters. The van der Waals surface area contributed by atoms with Gasteiger partial charge in [0, 0.05) is 10.6 Å². The summed E-state index contributed by atoms with van der Waals surface area (Å²) in [4.78, 5) is 24.2. The highest BCUT2D eigenvalue weighted by molar-refractivity contribution is 6.31. The highest BCUT2D eigenvalue weighted by Gasteiger charge is 2.16. The number of nitrogen functional groups attached to an aromatic ring is 1. The third-order valence-corrected chi connectivity index (χ3v) is 3.49. The van der Waals surface area contributed by atoms with Crippen LogP contribution < -0.4 is 26.1 Å². The molecule has 24 heavy (non-hydrogen) atoms. The summed E-state index contributed by atoms with van der Waals surface area (Å²) in [5, 5.41) is 2.99. The van der Waals surface area contributed by atoms with Crippen LogP contribution in [0.3, 0.4) is 0 Å². The molecular formula is C16H16ClN3O4. The molecule has 0 aliphatic heterocycles. The van der Waals surface area contributed by atoms with Gasteiger partial charge in [-0.3, -0.25) is 15.0 Å². The van der Waals surface area contributed by atoms with E-state index in [-0.39, 0.29) is 11.3 Å². The fraction of sp³-hybridized carbons (Fsp3) is 0.125. The summed E-state index contributed by atoms with van der Waals surface area (Å²) in [7, 11) is 2.98. The Hall–Kier alpha value is -2.77. The van der Waals surface area contributed by atoms with E-state index < -0.39 is 11.8 Å². The van der Waals surface area contributed by atoms with Crippen LogP contribution in [0.1, 0.15) is 20.7 Å². The second-order valence-corrected chi connectivity index (χ2v) is 5.12. The monoisotopic (exact) mass is 349 g/mol. The zero-order valence-corrected chi connectivity index (χ0v) is 13.8. The SMILES string of the molecule is COc1ccc(C(=O)Nc2ccc(Cl)cc2C(=O)NN)cc1OC. The van der Waals surface area contributed by atoms with E-state index in [0.717, 1.165) is 0 Å². The van der Waals surface area contributed by atoms with Gasteiger partial charge < -0.3 is 14.8 Å². The molecule has 7 nitrogen and oxygen atoms in total. The fourth-order valence-corrected chi connectivity index (χ4v) is 2.24. The number of carbonyl (C=O) groups excluding carboxylic acids is 2.